The molecule has 0 radical (unpaired) electrons. The van der Waals surface area contributed by atoms with Crippen molar-refractivity contribution in [1.82, 2.24) is 68.4 Å². The van der Waals surface area contributed by atoms with Crippen LogP contribution in [-0.2, 0) is 81.6 Å². The van der Waals surface area contributed by atoms with E-state index in [9.17, 15) is 63.3 Å². The number of aromatic hydroxyl groups is 1. The second-order valence-electron chi connectivity index (χ2n) is 24.6. The van der Waals surface area contributed by atoms with Gasteiger partial charge in [0.05, 0.1) is 13.2 Å². The lowest BCUT2D eigenvalue weighted by Crippen LogP contribution is -2.61. The molecule has 4 aromatic rings. The third-order valence-electron chi connectivity index (χ3n) is 17.1. The molecular formula is C67H90N14O16S4. The van der Waals surface area contributed by atoms with E-state index in [0.717, 1.165) is 43.2 Å². The standard InChI is InChI=1S/C67H90N14O16S4/c1-4-7-18-44-57(86)74-47(28-38-22-24-40(83)25-23-38)59(88)80-53(67(96)97)36-101-100-35-52-64(93)77-49(32-82)61(90)73-45(19-8-5-2)66(95)81-26-14-21-54(81)65(94)71-42(6-3)56(85)78-51(34-99-98-33-50(62(91)79-52)70-55(84)30-68)63(92)75-46(27-37-15-10-9-11-16-37)58(87)76-48(60(89)72-44)29-39-31-69-43-20-13-12-17-41(39)43/h9-13,15-17,20,22-25,31,42,44-54,69,82-83H,4-8,14,18-19,21,26-30,32-36,68H2,1-3H3,(H,70,84)(H,71,94)(H,72,89)(H,73,90)(H,74,86)(H,75,92)(H,76,87)(H,77,93)(H,78,85)(H,79,91)(H,80,88)(H,96,97)/t42-,44-,45-,46-,47-,48-,49-,50-,51-,52-,53-,54-/m0/s1. The summed E-state index contributed by atoms with van der Waals surface area (Å²) in [7, 11) is 3.53. The summed E-state index contributed by atoms with van der Waals surface area (Å²) in [6.45, 7) is 3.74. The smallest absolute Gasteiger partial charge is 0.327 e. The summed E-state index contributed by atoms with van der Waals surface area (Å²) in [6.07, 6.45) is 3.40. The minimum absolute atomic E-state index is 0.00812. The quantitative estimate of drug-likeness (QED) is 0.0611. The number of H-pyrrole nitrogens is 1. The van der Waals surface area contributed by atoms with Crippen molar-refractivity contribution < 1.29 is 77.6 Å². The number of phenols is 1. The first kappa shape index (κ1) is 79.8. The maximum atomic E-state index is 15.3. The van der Waals surface area contributed by atoms with Crippen molar-refractivity contribution in [3.05, 3.63) is 102 Å². The number of rotatable bonds is 17. The van der Waals surface area contributed by atoms with Gasteiger partial charge in [-0.3, -0.25) is 57.5 Å². The molecule has 2 bridgehead atoms. The number of hydrogen-bond acceptors (Lipinski definition) is 20. The first-order valence-corrected chi connectivity index (χ1v) is 38.5. The lowest BCUT2D eigenvalue weighted by molar-refractivity contribution is -0.143. The minimum Gasteiger partial charge on any atom is -0.508 e. The molecule has 1 aromatic heterocycles. The van der Waals surface area contributed by atoms with Gasteiger partial charge in [-0.1, -0.05) is 150 Å². The van der Waals surface area contributed by atoms with Gasteiger partial charge in [0.1, 0.15) is 78.3 Å². The Balaban J connectivity index is 1.36. The summed E-state index contributed by atoms with van der Waals surface area (Å²) in [5.74, 6) is -13.8. The van der Waals surface area contributed by atoms with Crippen molar-refractivity contribution in [3.8, 4) is 5.75 Å². The van der Waals surface area contributed by atoms with Crippen LogP contribution in [0.1, 0.15) is 95.2 Å². The highest BCUT2D eigenvalue weighted by molar-refractivity contribution is 8.77. The number of aromatic amines is 1. The van der Waals surface area contributed by atoms with Crippen LogP contribution in [0.5, 0.6) is 5.75 Å². The second kappa shape index (κ2) is 40.2. The van der Waals surface area contributed by atoms with Crippen molar-refractivity contribution >= 4 is 131 Å². The number of fused-ring (bicyclic) bond motifs is 10. The van der Waals surface area contributed by atoms with Gasteiger partial charge in [-0.05, 0) is 67.0 Å². The molecule has 548 valence electrons. The Morgan fingerprint density at radius 2 is 1.03 bits per heavy atom. The van der Waals surface area contributed by atoms with Crippen molar-refractivity contribution in [1.29, 1.82) is 0 Å². The summed E-state index contributed by atoms with van der Waals surface area (Å²) >= 11 is 0. The third kappa shape index (κ3) is 23.8. The summed E-state index contributed by atoms with van der Waals surface area (Å²) in [6, 6.07) is 3.49. The predicted octanol–water partition coefficient (Wildman–Crippen LogP) is -0.159. The van der Waals surface area contributed by atoms with Crippen LogP contribution in [0, 0.1) is 0 Å². The van der Waals surface area contributed by atoms with Crippen molar-refractivity contribution in [2.24, 2.45) is 5.73 Å². The first-order valence-electron chi connectivity index (χ1n) is 33.6. The monoisotopic (exact) mass is 1470 g/mol. The Hall–Kier alpha value is -8.57. The van der Waals surface area contributed by atoms with Gasteiger partial charge in [0, 0.05) is 65.9 Å². The SMILES string of the molecule is CCCC[C@@H]1NC(=O)[C@H](Cc2c[nH]c3ccccc23)NC(=O)[C@H](Cc2ccccc2)NC(=O)[C@@H]2CSSC[C@H](NC(=O)CN)C(=O)N[C@@H](CSSC[C@@H](C(=O)O)NC(=O)[C@H](Cc3ccc(O)cc3)NC1=O)C(=O)N[C@@H](CO)C(=O)N[C@@H](CCCC)C(=O)N1CCC[C@H]1C(=O)N[C@@H](CC)C(=O)N2. The number of aliphatic carboxylic acids is 1. The molecular weight excluding hydrogens is 1390 g/mol. The number of amides is 12. The van der Waals surface area contributed by atoms with E-state index in [1.807, 2.05) is 19.9 Å². The molecule has 3 aliphatic rings. The first-order chi connectivity index (χ1) is 48.5. The van der Waals surface area contributed by atoms with Gasteiger partial charge in [-0.2, -0.15) is 0 Å². The van der Waals surface area contributed by atoms with Crippen LogP contribution in [0.3, 0.4) is 0 Å². The number of benzene rings is 3. The molecule has 17 N–H and O–H groups in total. The highest BCUT2D eigenvalue weighted by Gasteiger charge is 2.41. The Labute approximate surface area is 599 Å². The topological polar surface area (TPSA) is 460 Å². The van der Waals surface area contributed by atoms with E-state index < -0.39 is 174 Å². The molecule has 0 saturated carbocycles. The Bertz CT molecular complexity index is 3560. The average Bonchev–Trinajstić information content (AvgIpc) is 1.71. The molecule has 0 spiro atoms. The number of carbonyl (C=O) groups is 13. The molecule has 3 aliphatic heterocycles. The largest absolute Gasteiger partial charge is 0.508 e. The van der Waals surface area contributed by atoms with Crippen LogP contribution in [-0.4, -0.2) is 217 Å². The predicted molar refractivity (Wildman–Crippen MR) is 383 cm³/mol. The van der Waals surface area contributed by atoms with Crippen LogP contribution in [0.25, 0.3) is 10.9 Å². The maximum absolute atomic E-state index is 15.3. The van der Waals surface area contributed by atoms with Crippen molar-refractivity contribution in [2.45, 2.75) is 170 Å². The fourth-order valence-corrected chi connectivity index (χ4v) is 16.1. The molecule has 30 nitrogen and oxygen atoms in total. The van der Waals surface area contributed by atoms with Gasteiger partial charge < -0.3 is 89.4 Å². The van der Waals surface area contributed by atoms with Crippen LogP contribution in [0.15, 0.2) is 85.1 Å². The number of nitrogens with zero attached hydrogens (tertiary/aromatic N) is 1. The lowest BCUT2D eigenvalue weighted by Gasteiger charge is -2.31. The molecule has 12 amide bonds. The Kier molecular flexibility index (Phi) is 31.7. The summed E-state index contributed by atoms with van der Waals surface area (Å²) in [4.78, 5) is 193. The lowest BCUT2D eigenvalue weighted by atomic mass is 10.0. The molecule has 7 rings (SSSR count). The zero-order chi connectivity index (χ0) is 73.1. The van der Waals surface area contributed by atoms with E-state index in [1.54, 1.807) is 61.7 Å². The van der Waals surface area contributed by atoms with Crippen LogP contribution in [0.4, 0.5) is 0 Å². The fraction of sp³-hybridized carbons (Fsp3) is 0.507. The van der Waals surface area contributed by atoms with Crippen LogP contribution >= 0.6 is 43.2 Å². The third-order valence-corrected chi connectivity index (χ3v) is 22.0. The highest BCUT2D eigenvalue weighted by Crippen LogP contribution is 2.27. The molecule has 34 heteroatoms. The number of carbonyl (C=O) groups excluding carboxylic acids is 12. The molecule has 3 aromatic carbocycles. The zero-order valence-corrected chi connectivity index (χ0v) is 59.5. The Morgan fingerprint density at radius 3 is 1.64 bits per heavy atom. The van der Waals surface area contributed by atoms with Crippen molar-refractivity contribution in [2.75, 3.05) is 42.7 Å². The molecule has 3 saturated heterocycles. The minimum atomic E-state index is -1.76. The Morgan fingerprint density at radius 1 is 0.535 bits per heavy atom. The van der Waals surface area contributed by atoms with Gasteiger partial charge in [0.2, 0.25) is 70.9 Å². The van der Waals surface area contributed by atoms with E-state index in [4.69, 9.17) is 5.73 Å². The van der Waals surface area contributed by atoms with Gasteiger partial charge in [0.15, 0.2) is 0 Å². The zero-order valence-electron chi connectivity index (χ0n) is 56.3. The number of aromatic nitrogens is 1. The number of carboxylic acids is 1. The van der Waals surface area contributed by atoms with E-state index in [-0.39, 0.29) is 68.7 Å². The molecule has 101 heavy (non-hydrogen) atoms. The van der Waals surface area contributed by atoms with E-state index >= 15 is 14.4 Å². The molecule has 4 heterocycles. The number of unbranched alkanes of at least 4 members (excludes halogenated alkanes) is 2. The number of aliphatic hydroxyl groups is 1. The number of hydrogen-bond donors (Lipinski definition) is 16. The summed E-state index contributed by atoms with van der Waals surface area (Å²) in [5, 5.41) is 61.4. The van der Waals surface area contributed by atoms with Crippen LogP contribution < -0.4 is 64.2 Å². The maximum Gasteiger partial charge on any atom is 0.327 e. The van der Waals surface area contributed by atoms with Gasteiger partial charge in [-0.25, -0.2) is 4.79 Å². The number of phenolic OH excluding ortho intramolecular Hbond substituents is 1. The second-order valence-corrected chi connectivity index (χ2v) is 29.7. The fourth-order valence-electron chi connectivity index (χ4n) is 11.4. The number of aliphatic hydroxyl groups excluding tert-OH is 1. The molecule has 12 atom stereocenters. The van der Waals surface area contributed by atoms with E-state index in [1.165, 1.54) is 29.2 Å². The van der Waals surface area contributed by atoms with Gasteiger partial charge in [0.25, 0.3) is 0 Å². The van der Waals surface area contributed by atoms with E-state index in [2.05, 4.69) is 63.5 Å². The van der Waals surface area contributed by atoms with E-state index in [0.29, 0.717) is 59.7 Å². The molecule has 0 aliphatic carbocycles. The average molecular weight is 1480 g/mol. The van der Waals surface area contributed by atoms with Gasteiger partial charge in [-0.15, -0.1) is 0 Å². The number of carboxylic acid groups (broad SMARTS) is 1. The van der Waals surface area contributed by atoms with Gasteiger partial charge >= 0.3 is 5.97 Å². The summed E-state index contributed by atoms with van der Waals surface area (Å²) < 4.78 is 0. The normalized spacial score (nSPS) is 25.9. The molecule has 3 fully saturated rings. The van der Waals surface area contributed by atoms with Crippen LogP contribution in [0.2, 0.25) is 0 Å². The number of nitrogens with one attached hydrogen (secondary N) is 12. The van der Waals surface area contributed by atoms with Crippen molar-refractivity contribution in [3.63, 3.8) is 0 Å². The highest BCUT2D eigenvalue weighted by atomic mass is 33.1. The number of nitrogens with two attached hydrogens (primary N) is 1. The number of para-hydroxylation sites is 1. The molecule has 0 unspecified atom stereocenters. The summed E-state index contributed by atoms with van der Waals surface area (Å²) in [5.41, 5.74) is 7.93.